The molecule has 0 spiro atoms. The Kier molecular flexibility index (Phi) is 4.76. The molecule has 0 atom stereocenters. The average Bonchev–Trinajstić information content (AvgIpc) is 2.91. The molecular weight excluding hydrogens is 376 g/mol. The first-order chi connectivity index (χ1) is 12.4. The second-order valence-corrected chi connectivity index (χ2v) is 6.36. The van der Waals surface area contributed by atoms with Crippen LogP contribution in [0.4, 0.5) is 14.6 Å². The first-order valence-corrected chi connectivity index (χ1v) is 8.07. The third-order valence-corrected chi connectivity index (χ3v) is 4.50. The van der Waals surface area contributed by atoms with Gasteiger partial charge >= 0.3 is 0 Å². The van der Waals surface area contributed by atoms with Crippen molar-refractivity contribution in [3.63, 3.8) is 0 Å². The van der Waals surface area contributed by atoms with Gasteiger partial charge in [0, 0.05) is 7.05 Å². The van der Waals surface area contributed by atoms with Crippen LogP contribution in [0, 0.1) is 23.5 Å². The van der Waals surface area contributed by atoms with Crippen molar-refractivity contribution >= 4 is 29.4 Å². The van der Waals surface area contributed by atoms with Crippen molar-refractivity contribution in [2.75, 3.05) is 5.73 Å². The zero-order valence-electron chi connectivity index (χ0n) is 14.3. The van der Waals surface area contributed by atoms with Gasteiger partial charge in [-0.05, 0) is 43.4 Å². The molecule has 140 valence electrons. The molecule has 27 heavy (non-hydrogen) atoms. The van der Waals surface area contributed by atoms with E-state index in [1.807, 2.05) is 0 Å². The van der Waals surface area contributed by atoms with Gasteiger partial charge in [0.05, 0.1) is 5.56 Å². The highest BCUT2D eigenvalue weighted by Crippen LogP contribution is 2.31. The maximum atomic E-state index is 14.1. The van der Waals surface area contributed by atoms with Crippen molar-refractivity contribution in [1.82, 2.24) is 19.5 Å². The third-order valence-electron chi connectivity index (χ3n) is 4.50. The fraction of sp³-hybridized carbons (Fsp3) is 0.278. The van der Waals surface area contributed by atoms with Crippen molar-refractivity contribution in [2.45, 2.75) is 24.9 Å². The van der Waals surface area contributed by atoms with Gasteiger partial charge in [0.2, 0.25) is 5.82 Å². The molecule has 1 aromatic carbocycles. The SMILES string of the molecule is Cl.Cn1c(-c2cc(F)ccc2F)nc2c(N)nc(C#CC3(O)CCC3)nc21. The van der Waals surface area contributed by atoms with Gasteiger partial charge in [-0.2, -0.15) is 0 Å². The summed E-state index contributed by atoms with van der Waals surface area (Å²) in [7, 11) is 1.62. The molecule has 1 aliphatic carbocycles. The summed E-state index contributed by atoms with van der Waals surface area (Å²) in [6, 6.07) is 3.14. The summed E-state index contributed by atoms with van der Waals surface area (Å²) in [5.74, 6) is 4.73. The quantitative estimate of drug-likeness (QED) is 0.622. The van der Waals surface area contributed by atoms with E-state index in [0.29, 0.717) is 18.5 Å². The lowest BCUT2D eigenvalue weighted by atomic mass is 9.81. The highest BCUT2D eigenvalue weighted by Gasteiger charge is 2.32. The summed E-state index contributed by atoms with van der Waals surface area (Å²) in [6.07, 6.45) is 2.16. The highest BCUT2D eigenvalue weighted by molar-refractivity contribution is 5.86. The smallest absolute Gasteiger partial charge is 0.209 e. The van der Waals surface area contributed by atoms with E-state index < -0.39 is 17.2 Å². The molecule has 1 aliphatic rings. The van der Waals surface area contributed by atoms with Crippen LogP contribution in [-0.2, 0) is 7.05 Å². The maximum Gasteiger partial charge on any atom is 0.209 e. The van der Waals surface area contributed by atoms with E-state index in [1.54, 1.807) is 7.05 Å². The van der Waals surface area contributed by atoms with Gasteiger partial charge in [-0.15, -0.1) is 12.4 Å². The molecule has 0 radical (unpaired) electrons. The van der Waals surface area contributed by atoms with E-state index in [1.165, 1.54) is 4.57 Å². The number of benzene rings is 1. The molecule has 0 saturated heterocycles. The predicted molar refractivity (Wildman–Crippen MR) is 99.0 cm³/mol. The lowest BCUT2D eigenvalue weighted by Crippen LogP contribution is -2.34. The van der Waals surface area contributed by atoms with Crippen LogP contribution in [0.1, 0.15) is 25.1 Å². The van der Waals surface area contributed by atoms with E-state index in [0.717, 1.165) is 24.6 Å². The van der Waals surface area contributed by atoms with Crippen LogP contribution in [0.15, 0.2) is 18.2 Å². The number of halogens is 3. The van der Waals surface area contributed by atoms with Gasteiger partial charge in [-0.1, -0.05) is 5.92 Å². The Morgan fingerprint density at radius 3 is 2.63 bits per heavy atom. The molecule has 2 aromatic heterocycles. The molecule has 0 aliphatic heterocycles. The molecule has 3 aromatic rings. The minimum Gasteiger partial charge on any atom is -0.382 e. The van der Waals surface area contributed by atoms with E-state index >= 15 is 0 Å². The molecule has 3 N–H and O–H groups in total. The number of nitrogens with two attached hydrogens (primary N) is 1. The first kappa shape index (κ1) is 19.0. The summed E-state index contributed by atoms with van der Waals surface area (Å²) in [5, 5.41) is 10.1. The zero-order valence-corrected chi connectivity index (χ0v) is 15.1. The monoisotopic (exact) mass is 391 g/mol. The van der Waals surface area contributed by atoms with Crippen LogP contribution >= 0.6 is 12.4 Å². The molecule has 0 bridgehead atoms. The fourth-order valence-corrected chi connectivity index (χ4v) is 2.86. The van der Waals surface area contributed by atoms with Crippen molar-refractivity contribution in [3.8, 4) is 23.2 Å². The fourth-order valence-electron chi connectivity index (χ4n) is 2.86. The van der Waals surface area contributed by atoms with Crippen molar-refractivity contribution < 1.29 is 13.9 Å². The Hall–Kier alpha value is -2.76. The Morgan fingerprint density at radius 2 is 1.96 bits per heavy atom. The average molecular weight is 392 g/mol. The van der Waals surface area contributed by atoms with Crippen LogP contribution in [0.5, 0.6) is 0 Å². The molecule has 4 rings (SSSR count). The van der Waals surface area contributed by atoms with E-state index in [2.05, 4.69) is 26.8 Å². The summed E-state index contributed by atoms with van der Waals surface area (Å²) >= 11 is 0. The van der Waals surface area contributed by atoms with Crippen molar-refractivity contribution in [1.29, 1.82) is 0 Å². The number of rotatable bonds is 1. The van der Waals surface area contributed by atoms with Gasteiger partial charge in [-0.3, -0.25) is 0 Å². The second-order valence-electron chi connectivity index (χ2n) is 6.36. The Morgan fingerprint density at radius 1 is 1.22 bits per heavy atom. The van der Waals surface area contributed by atoms with Crippen molar-refractivity contribution in [3.05, 3.63) is 35.7 Å². The normalized spacial score (nSPS) is 14.8. The molecule has 6 nitrogen and oxygen atoms in total. The number of fused-ring (bicyclic) bond motifs is 1. The molecule has 1 saturated carbocycles. The molecule has 0 unspecified atom stereocenters. The van der Waals surface area contributed by atoms with Crippen LogP contribution < -0.4 is 5.73 Å². The number of anilines is 1. The summed E-state index contributed by atoms with van der Waals surface area (Å²) in [5.41, 5.74) is 5.58. The Labute approximate surface area is 159 Å². The highest BCUT2D eigenvalue weighted by atomic mass is 35.5. The Bertz CT molecular complexity index is 1100. The minimum atomic E-state index is -0.991. The number of hydrogen-bond donors (Lipinski definition) is 2. The van der Waals surface area contributed by atoms with Crippen LogP contribution in [0.25, 0.3) is 22.6 Å². The first-order valence-electron chi connectivity index (χ1n) is 8.07. The summed E-state index contributed by atoms with van der Waals surface area (Å²) in [6.45, 7) is 0. The number of aromatic nitrogens is 4. The van der Waals surface area contributed by atoms with Gasteiger partial charge in [-0.25, -0.2) is 23.7 Å². The number of aliphatic hydroxyl groups is 1. The van der Waals surface area contributed by atoms with Gasteiger partial charge in [0.1, 0.15) is 23.1 Å². The van der Waals surface area contributed by atoms with E-state index in [9.17, 15) is 13.9 Å². The standard InChI is InChI=1S/C18H15F2N5O.ClH/c1-25-16(11-9-10(19)3-4-12(11)20)24-14-15(21)22-13(23-17(14)25)5-8-18(26)6-2-7-18;/h3-4,9,26H,2,6-7H2,1H3,(H2,21,22,23);1H. The van der Waals surface area contributed by atoms with Crippen LogP contribution in [0.2, 0.25) is 0 Å². The number of aryl methyl sites for hydroxylation is 1. The van der Waals surface area contributed by atoms with Gasteiger partial charge < -0.3 is 15.4 Å². The molecular formula is C18H16ClF2N5O. The third kappa shape index (κ3) is 3.31. The van der Waals surface area contributed by atoms with Gasteiger partial charge in [0.15, 0.2) is 17.0 Å². The molecule has 2 heterocycles. The van der Waals surface area contributed by atoms with Crippen LogP contribution in [-0.4, -0.2) is 30.2 Å². The largest absolute Gasteiger partial charge is 0.382 e. The van der Waals surface area contributed by atoms with Gasteiger partial charge in [0.25, 0.3) is 0 Å². The summed E-state index contributed by atoms with van der Waals surface area (Å²) < 4.78 is 29.1. The predicted octanol–water partition coefficient (Wildman–Crippen LogP) is 2.58. The van der Waals surface area contributed by atoms with Crippen molar-refractivity contribution in [2.24, 2.45) is 7.05 Å². The summed E-state index contributed by atoms with van der Waals surface area (Å²) in [4.78, 5) is 12.7. The maximum absolute atomic E-state index is 14.1. The number of nitrogen functional groups attached to an aromatic ring is 1. The topological polar surface area (TPSA) is 89.9 Å². The lowest BCUT2D eigenvalue weighted by molar-refractivity contribution is 0.0239. The van der Waals surface area contributed by atoms with Crippen LogP contribution in [0.3, 0.4) is 0 Å². The number of imidazole rings is 1. The van der Waals surface area contributed by atoms with E-state index in [4.69, 9.17) is 5.73 Å². The Balaban J connectivity index is 0.00000210. The zero-order chi connectivity index (χ0) is 18.5. The molecule has 1 fully saturated rings. The second kappa shape index (κ2) is 6.76. The molecule has 0 amide bonds. The molecule has 9 heteroatoms. The minimum absolute atomic E-state index is 0. The number of hydrogen-bond acceptors (Lipinski definition) is 5. The lowest BCUT2D eigenvalue weighted by Gasteiger charge is -2.30. The number of nitrogens with zero attached hydrogens (tertiary/aromatic N) is 4. The van der Waals surface area contributed by atoms with E-state index in [-0.39, 0.29) is 41.0 Å².